The van der Waals surface area contributed by atoms with Crippen LogP contribution in [0.4, 0.5) is 0 Å². The fourth-order valence-electron chi connectivity index (χ4n) is 5.55. The van der Waals surface area contributed by atoms with Crippen LogP contribution in [0.5, 0.6) is 5.75 Å². The molecule has 0 saturated carbocycles. The van der Waals surface area contributed by atoms with Crippen LogP contribution in [0.1, 0.15) is 47.5 Å². The number of piperidine rings is 1. The molecule has 0 spiro atoms. The molecule has 8 nitrogen and oxygen atoms in total. The van der Waals surface area contributed by atoms with Gasteiger partial charge in [0.15, 0.2) is 5.76 Å². The Hall–Kier alpha value is -3.17. The number of carbonyl (C=O) groups is 1. The first kappa shape index (κ1) is 24.5. The molecule has 188 valence electrons. The van der Waals surface area contributed by atoms with E-state index in [9.17, 15) is 19.5 Å². The highest BCUT2D eigenvalue weighted by Gasteiger charge is 2.35. The van der Waals surface area contributed by atoms with Gasteiger partial charge in [-0.1, -0.05) is 34.1 Å². The Morgan fingerprint density at radius 1 is 1.17 bits per heavy atom. The van der Waals surface area contributed by atoms with Crippen molar-refractivity contribution >= 4 is 21.9 Å². The monoisotopic (exact) mass is 554 g/mol. The zero-order valence-electron chi connectivity index (χ0n) is 19.9. The lowest BCUT2D eigenvalue weighted by Crippen LogP contribution is -2.46. The van der Waals surface area contributed by atoms with Crippen LogP contribution in [-0.2, 0) is 22.6 Å². The maximum absolute atomic E-state index is 12.8. The van der Waals surface area contributed by atoms with E-state index >= 15 is 0 Å². The third-order valence-electron chi connectivity index (χ3n) is 7.10. The highest BCUT2D eigenvalue weighted by Crippen LogP contribution is 2.37. The number of aromatic hydroxyl groups is 1. The van der Waals surface area contributed by atoms with Crippen molar-refractivity contribution in [3.05, 3.63) is 96.4 Å². The van der Waals surface area contributed by atoms with Crippen LogP contribution in [0, 0.1) is 5.92 Å². The molecule has 3 atom stereocenters. The number of methoxy groups -OCH3 is 1. The molecule has 1 N–H and O–H groups in total. The Morgan fingerprint density at radius 2 is 1.97 bits per heavy atom. The van der Waals surface area contributed by atoms with Crippen molar-refractivity contribution in [2.45, 2.75) is 37.8 Å². The van der Waals surface area contributed by atoms with Gasteiger partial charge in [-0.25, -0.2) is 0 Å². The number of nitrogens with zero attached hydrogens (tertiary/aromatic N) is 2. The van der Waals surface area contributed by atoms with Crippen LogP contribution < -0.4 is 11.0 Å². The second-order valence-electron chi connectivity index (χ2n) is 9.57. The molecule has 3 aromatic rings. The molecule has 9 heteroatoms. The molecule has 2 aromatic heterocycles. The van der Waals surface area contributed by atoms with Gasteiger partial charge in [0, 0.05) is 47.9 Å². The largest absolute Gasteiger partial charge is 0.502 e. The summed E-state index contributed by atoms with van der Waals surface area (Å²) in [5, 5.41) is 10.7. The third kappa shape index (κ3) is 4.90. The van der Waals surface area contributed by atoms with Crippen LogP contribution in [-0.4, -0.2) is 40.7 Å². The van der Waals surface area contributed by atoms with E-state index in [4.69, 9.17) is 9.15 Å². The van der Waals surface area contributed by atoms with Crippen molar-refractivity contribution in [2.24, 2.45) is 5.92 Å². The average molecular weight is 555 g/mol. The highest BCUT2D eigenvalue weighted by atomic mass is 79.9. The van der Waals surface area contributed by atoms with Gasteiger partial charge in [-0.05, 0) is 36.1 Å². The number of pyridine rings is 1. The number of likely N-dealkylation sites (tertiary alicyclic amines) is 1. The van der Waals surface area contributed by atoms with E-state index in [1.165, 1.54) is 13.2 Å². The summed E-state index contributed by atoms with van der Waals surface area (Å²) in [6, 6.07) is 14.1. The maximum Gasteiger partial charge on any atom is 0.306 e. The topological polar surface area (TPSA) is 102 Å². The minimum atomic E-state index is -0.693. The number of benzene rings is 1. The molecule has 5 rings (SSSR count). The lowest BCUT2D eigenvalue weighted by Gasteiger charge is -2.42. The molecular weight excluding hydrogens is 528 g/mol. The second-order valence-corrected chi connectivity index (χ2v) is 10.5. The van der Waals surface area contributed by atoms with Gasteiger partial charge in [0.05, 0.1) is 26.0 Å². The highest BCUT2D eigenvalue weighted by molar-refractivity contribution is 9.10. The Bertz CT molecular complexity index is 1410. The first-order valence-corrected chi connectivity index (χ1v) is 12.7. The Balaban J connectivity index is 1.45. The lowest BCUT2D eigenvalue weighted by atomic mass is 9.83. The fourth-order valence-corrected chi connectivity index (χ4v) is 5.97. The van der Waals surface area contributed by atoms with Crippen molar-refractivity contribution in [3.8, 4) is 5.75 Å². The summed E-state index contributed by atoms with van der Waals surface area (Å²) in [6.45, 7) is 2.57. The van der Waals surface area contributed by atoms with E-state index in [0.29, 0.717) is 30.3 Å². The van der Waals surface area contributed by atoms with Gasteiger partial charge >= 0.3 is 5.97 Å². The van der Waals surface area contributed by atoms with E-state index in [1.54, 1.807) is 6.07 Å². The maximum atomic E-state index is 12.8. The first-order chi connectivity index (χ1) is 17.3. The quantitative estimate of drug-likeness (QED) is 0.464. The molecule has 1 aromatic carbocycles. The molecule has 36 heavy (non-hydrogen) atoms. The fraction of sp³-hybridized carbons (Fsp3) is 0.370. The standard InChI is InChI=1S/C27H27BrN2O6/c1-35-25(33)11-21(17-4-2-5-19(28)9-17)27-26(34)23(31)10-20(36-27)15-29-12-16-8-18(14-29)22-6-3-7-24(32)30(22)13-16/h2-7,9-10,16,18,21,34H,8,11-15H2,1H3. The molecule has 2 bridgehead atoms. The van der Waals surface area contributed by atoms with Crippen LogP contribution in [0.2, 0.25) is 0 Å². The number of fused-ring (bicyclic) bond motifs is 4. The van der Waals surface area contributed by atoms with Crippen molar-refractivity contribution in [1.29, 1.82) is 0 Å². The van der Waals surface area contributed by atoms with Crippen LogP contribution >= 0.6 is 15.9 Å². The zero-order valence-corrected chi connectivity index (χ0v) is 21.4. The van der Waals surface area contributed by atoms with Crippen molar-refractivity contribution in [3.63, 3.8) is 0 Å². The summed E-state index contributed by atoms with van der Waals surface area (Å²) < 4.78 is 13.7. The number of rotatable bonds is 6. The third-order valence-corrected chi connectivity index (χ3v) is 7.59. The van der Waals surface area contributed by atoms with Gasteiger partial charge in [-0.3, -0.25) is 19.3 Å². The number of hydrogen-bond acceptors (Lipinski definition) is 7. The van der Waals surface area contributed by atoms with Gasteiger partial charge in [0.25, 0.3) is 5.56 Å². The van der Waals surface area contributed by atoms with Crippen molar-refractivity contribution < 1.29 is 19.1 Å². The SMILES string of the molecule is COC(=O)CC(c1cccc(Br)c1)c1oc(CN2CC3CC(C2)c2cccc(=O)n2C3)cc(=O)c1O. The number of halogens is 1. The summed E-state index contributed by atoms with van der Waals surface area (Å²) in [5.74, 6) is -0.654. The summed E-state index contributed by atoms with van der Waals surface area (Å²) >= 11 is 3.44. The van der Waals surface area contributed by atoms with Gasteiger partial charge in [0.2, 0.25) is 11.2 Å². The van der Waals surface area contributed by atoms with Gasteiger partial charge < -0.3 is 18.8 Å². The molecule has 3 unspecified atom stereocenters. The molecule has 2 aliphatic rings. The Kier molecular flexibility index (Phi) is 6.85. The number of ether oxygens (including phenoxy) is 1. The number of hydrogen-bond donors (Lipinski definition) is 1. The molecule has 0 radical (unpaired) electrons. The van der Waals surface area contributed by atoms with E-state index in [1.807, 2.05) is 41.0 Å². The molecule has 1 saturated heterocycles. The smallest absolute Gasteiger partial charge is 0.306 e. The predicted octanol–water partition coefficient (Wildman–Crippen LogP) is 3.58. The Labute approximate surface area is 216 Å². The molecule has 4 heterocycles. The first-order valence-electron chi connectivity index (χ1n) is 11.9. The summed E-state index contributed by atoms with van der Waals surface area (Å²) in [6.07, 6.45) is 0.932. The predicted molar refractivity (Wildman–Crippen MR) is 136 cm³/mol. The Morgan fingerprint density at radius 3 is 2.75 bits per heavy atom. The number of esters is 1. The van der Waals surface area contributed by atoms with E-state index in [0.717, 1.165) is 29.7 Å². The molecule has 1 fully saturated rings. The second kappa shape index (κ2) is 10.1. The average Bonchev–Trinajstić information content (AvgIpc) is 2.85. The number of carbonyl (C=O) groups excluding carboxylic acids is 1. The summed E-state index contributed by atoms with van der Waals surface area (Å²) in [4.78, 5) is 39.5. The molecular formula is C27H27BrN2O6. The van der Waals surface area contributed by atoms with Gasteiger partial charge in [0.1, 0.15) is 5.76 Å². The van der Waals surface area contributed by atoms with Gasteiger partial charge in [-0.2, -0.15) is 0 Å². The van der Waals surface area contributed by atoms with Crippen molar-refractivity contribution in [2.75, 3.05) is 20.2 Å². The normalized spacial score (nSPS) is 19.9. The molecule has 2 aliphatic heterocycles. The van der Waals surface area contributed by atoms with E-state index in [-0.39, 0.29) is 23.7 Å². The van der Waals surface area contributed by atoms with Gasteiger partial charge in [-0.15, -0.1) is 0 Å². The summed E-state index contributed by atoms with van der Waals surface area (Å²) in [7, 11) is 1.30. The molecule has 0 aliphatic carbocycles. The van der Waals surface area contributed by atoms with Crippen molar-refractivity contribution in [1.82, 2.24) is 9.47 Å². The van der Waals surface area contributed by atoms with E-state index < -0.39 is 23.1 Å². The van der Waals surface area contributed by atoms with Crippen LogP contribution in [0.15, 0.2) is 67.0 Å². The molecule has 0 amide bonds. The summed E-state index contributed by atoms with van der Waals surface area (Å²) in [5.41, 5.74) is 1.24. The minimum absolute atomic E-state index is 0.0361. The lowest BCUT2D eigenvalue weighted by molar-refractivity contribution is -0.140. The van der Waals surface area contributed by atoms with Crippen LogP contribution in [0.25, 0.3) is 0 Å². The van der Waals surface area contributed by atoms with Crippen LogP contribution in [0.3, 0.4) is 0 Å². The minimum Gasteiger partial charge on any atom is -0.502 e. The van der Waals surface area contributed by atoms with E-state index in [2.05, 4.69) is 20.8 Å². The zero-order chi connectivity index (χ0) is 25.4. The number of aromatic nitrogens is 1.